The van der Waals surface area contributed by atoms with E-state index in [2.05, 4.69) is 19.1 Å². The van der Waals surface area contributed by atoms with E-state index in [-0.39, 0.29) is 67.2 Å². The zero-order chi connectivity index (χ0) is 16.8. The molecule has 26 heavy (non-hydrogen) atoms. The summed E-state index contributed by atoms with van der Waals surface area (Å²) in [6.45, 7) is 7.69. The van der Waals surface area contributed by atoms with Gasteiger partial charge in [-0.15, -0.1) is 24.8 Å². The molecule has 0 radical (unpaired) electrons. The predicted octanol–water partition coefficient (Wildman–Crippen LogP) is 1.58. The second-order valence-corrected chi connectivity index (χ2v) is 6.45. The van der Waals surface area contributed by atoms with Gasteiger partial charge in [0.2, 0.25) is 0 Å². The van der Waals surface area contributed by atoms with E-state index in [0.29, 0.717) is 10.6 Å². The van der Waals surface area contributed by atoms with Gasteiger partial charge in [-0.3, -0.25) is 9.80 Å². The molecule has 2 aromatic rings. The molecule has 0 unspecified atom stereocenters. The monoisotopic (exact) mass is 432 g/mol. The van der Waals surface area contributed by atoms with Crippen LogP contribution < -0.4 is 35.4 Å². The molecule has 0 fully saturated rings. The van der Waals surface area contributed by atoms with E-state index in [4.69, 9.17) is 17.4 Å². The summed E-state index contributed by atoms with van der Waals surface area (Å²) < 4.78 is 0. The van der Waals surface area contributed by atoms with E-state index >= 15 is 0 Å². The molecule has 0 aliphatic heterocycles. The molecule has 144 valence electrons. The average molecular weight is 434 g/mol. The number of amides is 1. The SMILES string of the molecule is CC(C)(C)N(N)C(=O)c1cccc(Cl)c1.Cc1ccccc1.Cl.Cl.O.[H-].[Na+]. The van der Waals surface area contributed by atoms with Crippen LogP contribution in [0.4, 0.5) is 0 Å². The second-order valence-electron chi connectivity index (χ2n) is 6.01. The van der Waals surface area contributed by atoms with E-state index in [0.717, 1.165) is 0 Å². The minimum absolute atomic E-state index is 0. The maximum absolute atomic E-state index is 11.9. The van der Waals surface area contributed by atoms with Crippen molar-refractivity contribution in [1.29, 1.82) is 0 Å². The van der Waals surface area contributed by atoms with Crippen molar-refractivity contribution in [2.24, 2.45) is 5.84 Å². The van der Waals surface area contributed by atoms with Gasteiger partial charge in [-0.25, -0.2) is 5.84 Å². The summed E-state index contributed by atoms with van der Waals surface area (Å²) in [5.41, 5.74) is 1.42. The van der Waals surface area contributed by atoms with Crippen molar-refractivity contribution in [1.82, 2.24) is 5.01 Å². The van der Waals surface area contributed by atoms with Crippen LogP contribution in [0.5, 0.6) is 0 Å². The Balaban J connectivity index is -0.000000117. The molecule has 2 aromatic carbocycles. The fraction of sp³-hybridized carbons (Fsp3) is 0.278. The first-order valence-electron chi connectivity index (χ1n) is 7.08. The number of hydrazine groups is 1. The molecule has 8 heteroatoms. The van der Waals surface area contributed by atoms with Crippen LogP contribution in [0, 0.1) is 6.92 Å². The molecule has 4 nitrogen and oxygen atoms in total. The number of benzene rings is 2. The topological polar surface area (TPSA) is 77.8 Å². The fourth-order valence-corrected chi connectivity index (χ4v) is 1.79. The Hall–Kier alpha value is -0.300. The summed E-state index contributed by atoms with van der Waals surface area (Å²) in [5, 5.41) is 1.74. The first-order valence-corrected chi connectivity index (χ1v) is 7.46. The normalized spacial score (nSPS) is 8.85. The van der Waals surface area contributed by atoms with Crippen molar-refractivity contribution in [3.05, 3.63) is 70.7 Å². The summed E-state index contributed by atoms with van der Waals surface area (Å²) in [7, 11) is 0. The van der Waals surface area contributed by atoms with Crippen molar-refractivity contribution >= 4 is 42.3 Å². The van der Waals surface area contributed by atoms with Crippen LogP contribution in [0.3, 0.4) is 0 Å². The molecule has 0 heterocycles. The fourth-order valence-electron chi connectivity index (χ4n) is 1.60. The number of hydrogen-bond acceptors (Lipinski definition) is 2. The third kappa shape index (κ3) is 12.2. The van der Waals surface area contributed by atoms with Crippen LogP contribution >= 0.6 is 36.4 Å². The third-order valence-corrected chi connectivity index (χ3v) is 3.19. The quantitative estimate of drug-likeness (QED) is 0.321. The van der Waals surface area contributed by atoms with Crippen molar-refractivity contribution in [3.63, 3.8) is 0 Å². The summed E-state index contributed by atoms with van der Waals surface area (Å²) in [5.74, 6) is 5.49. The molecule has 0 aliphatic rings. The standard InChI is InChI=1S/C11H15ClN2O.C7H8.2ClH.Na.H2O.H/c1-11(2,3)14(13)10(15)8-5-4-6-9(12)7-8;1-7-5-3-2-4-6-7;;;;;/h4-7H,13H2,1-3H3;2-6H,1H3;2*1H;;1H2;/q;;;;+1;;-1. The van der Waals surface area contributed by atoms with Gasteiger partial charge >= 0.3 is 29.6 Å². The number of nitrogens with two attached hydrogens (primary N) is 1. The number of halogens is 3. The van der Waals surface area contributed by atoms with E-state index < -0.39 is 5.54 Å². The van der Waals surface area contributed by atoms with Crippen LogP contribution in [0.1, 0.15) is 38.1 Å². The van der Waals surface area contributed by atoms with Crippen LogP contribution in [0.25, 0.3) is 0 Å². The van der Waals surface area contributed by atoms with Gasteiger partial charge in [0, 0.05) is 10.6 Å². The minimum Gasteiger partial charge on any atom is -1.00 e. The van der Waals surface area contributed by atoms with Crippen LogP contribution in [0.2, 0.25) is 5.02 Å². The van der Waals surface area contributed by atoms with Crippen molar-refractivity contribution < 1.29 is 41.3 Å². The maximum Gasteiger partial charge on any atom is 1.00 e. The van der Waals surface area contributed by atoms with Gasteiger partial charge < -0.3 is 6.90 Å². The smallest absolute Gasteiger partial charge is 1.00 e. The molecule has 1 amide bonds. The zero-order valence-electron chi connectivity index (χ0n) is 16.8. The number of carbonyl (C=O) groups excluding carboxylic acids is 1. The van der Waals surface area contributed by atoms with E-state index in [1.807, 2.05) is 39.0 Å². The Morgan fingerprint density at radius 2 is 1.54 bits per heavy atom. The Morgan fingerprint density at radius 3 is 1.88 bits per heavy atom. The van der Waals surface area contributed by atoms with E-state index in [1.165, 1.54) is 10.6 Å². The molecular formula is C18H28Cl3N2NaO2. The molecule has 0 atom stereocenters. The van der Waals surface area contributed by atoms with Gasteiger partial charge in [0.1, 0.15) is 0 Å². The minimum atomic E-state index is -0.403. The number of rotatable bonds is 1. The molecule has 0 aliphatic carbocycles. The first-order chi connectivity index (χ1) is 10.2. The number of hydrogen-bond donors (Lipinski definition) is 1. The Morgan fingerprint density at radius 1 is 1.04 bits per heavy atom. The Kier molecular flexibility index (Phi) is 20.1. The predicted molar refractivity (Wildman–Crippen MR) is 112 cm³/mol. The third-order valence-electron chi connectivity index (χ3n) is 2.95. The molecular weight excluding hydrogens is 406 g/mol. The van der Waals surface area contributed by atoms with Gasteiger partial charge in [-0.1, -0.05) is 53.6 Å². The molecule has 0 bridgehead atoms. The van der Waals surface area contributed by atoms with Gasteiger partial charge in [0.25, 0.3) is 5.91 Å². The van der Waals surface area contributed by atoms with Crippen molar-refractivity contribution in [2.45, 2.75) is 33.2 Å². The summed E-state index contributed by atoms with van der Waals surface area (Å²) in [6, 6.07) is 17.0. The van der Waals surface area contributed by atoms with Gasteiger partial charge in [-0.2, -0.15) is 0 Å². The summed E-state index contributed by atoms with van der Waals surface area (Å²) in [6.07, 6.45) is 0. The van der Waals surface area contributed by atoms with Gasteiger partial charge in [-0.05, 0) is 45.9 Å². The number of nitrogens with zero attached hydrogens (tertiary/aromatic N) is 1. The Labute approximate surface area is 197 Å². The largest absolute Gasteiger partial charge is 1.00 e. The molecule has 4 N–H and O–H groups in total. The van der Waals surface area contributed by atoms with E-state index in [9.17, 15) is 4.79 Å². The zero-order valence-corrected chi connectivity index (χ0v) is 20.2. The second kappa shape index (κ2) is 15.7. The molecule has 0 saturated carbocycles. The molecule has 0 spiro atoms. The summed E-state index contributed by atoms with van der Waals surface area (Å²) in [4.78, 5) is 11.9. The van der Waals surface area contributed by atoms with Crippen molar-refractivity contribution in [3.8, 4) is 0 Å². The Bertz CT molecular complexity index is 630. The van der Waals surface area contributed by atoms with E-state index in [1.54, 1.807) is 24.3 Å². The average Bonchev–Trinajstić information content (AvgIpc) is 2.46. The number of aryl methyl sites for hydroxylation is 1. The molecule has 0 aromatic heterocycles. The van der Waals surface area contributed by atoms with Crippen LogP contribution in [-0.4, -0.2) is 21.9 Å². The molecule has 2 rings (SSSR count). The maximum atomic E-state index is 11.9. The summed E-state index contributed by atoms with van der Waals surface area (Å²) >= 11 is 5.80. The van der Waals surface area contributed by atoms with Crippen molar-refractivity contribution in [2.75, 3.05) is 0 Å². The van der Waals surface area contributed by atoms with Gasteiger partial charge in [0.05, 0.1) is 5.54 Å². The number of carbonyl (C=O) groups is 1. The first kappa shape index (κ1) is 33.3. The van der Waals surface area contributed by atoms with Gasteiger partial charge in [0.15, 0.2) is 0 Å². The van der Waals surface area contributed by atoms with Crippen LogP contribution in [0.15, 0.2) is 54.6 Å². The molecule has 0 saturated heterocycles. The van der Waals surface area contributed by atoms with Crippen LogP contribution in [-0.2, 0) is 0 Å².